The van der Waals surface area contributed by atoms with Gasteiger partial charge in [-0.1, -0.05) is 30.7 Å². The number of esters is 1. The van der Waals surface area contributed by atoms with Crippen LogP contribution in [0, 0.1) is 0 Å². The molecule has 112 valence electrons. The lowest BCUT2D eigenvalue weighted by molar-refractivity contribution is 0.0563. The van der Waals surface area contributed by atoms with Crippen LogP contribution in [0.2, 0.25) is 5.02 Å². The normalized spacial score (nSPS) is 12.1. The van der Waals surface area contributed by atoms with Gasteiger partial charge in [0.1, 0.15) is 0 Å². The minimum Gasteiger partial charge on any atom is -0.463 e. The Bertz CT molecular complexity index is 592. The van der Waals surface area contributed by atoms with Crippen molar-refractivity contribution in [3.8, 4) is 0 Å². The second kappa shape index (κ2) is 7.29. The lowest BCUT2D eigenvalue weighted by Gasteiger charge is -2.17. The fourth-order valence-corrected chi connectivity index (χ4v) is 2.30. The molecule has 0 bridgehead atoms. The number of furan rings is 1. The highest BCUT2D eigenvalue weighted by molar-refractivity contribution is 6.30. The average molecular weight is 308 g/mol. The summed E-state index contributed by atoms with van der Waals surface area (Å²) in [6.45, 7) is 2.63. The molecule has 0 radical (unpaired) electrons. The number of ether oxygens (including phenoxy) is 1. The third kappa shape index (κ3) is 3.86. The molecule has 0 aliphatic rings. The summed E-state index contributed by atoms with van der Waals surface area (Å²) >= 11 is 5.91. The van der Waals surface area contributed by atoms with E-state index >= 15 is 0 Å². The van der Waals surface area contributed by atoms with E-state index in [1.54, 1.807) is 6.07 Å². The zero-order valence-electron chi connectivity index (χ0n) is 12.1. The van der Waals surface area contributed by atoms with Gasteiger partial charge in [-0.2, -0.15) is 0 Å². The van der Waals surface area contributed by atoms with Gasteiger partial charge in [-0.25, -0.2) is 4.79 Å². The van der Waals surface area contributed by atoms with Gasteiger partial charge in [0.2, 0.25) is 5.76 Å². The van der Waals surface area contributed by atoms with Crippen molar-refractivity contribution in [3.05, 3.63) is 58.5 Å². The average Bonchev–Trinajstić information content (AvgIpc) is 2.97. The summed E-state index contributed by atoms with van der Waals surface area (Å²) < 4.78 is 9.86. The van der Waals surface area contributed by atoms with Crippen molar-refractivity contribution in [3.63, 3.8) is 0 Å². The highest BCUT2D eigenvalue weighted by atomic mass is 35.5. The first-order chi connectivity index (χ1) is 10.2. The van der Waals surface area contributed by atoms with Crippen molar-refractivity contribution in [2.75, 3.05) is 7.11 Å². The van der Waals surface area contributed by atoms with Crippen molar-refractivity contribution >= 4 is 17.6 Å². The summed E-state index contributed by atoms with van der Waals surface area (Å²) in [7, 11) is 1.34. The summed E-state index contributed by atoms with van der Waals surface area (Å²) in [5, 5.41) is 4.13. The third-order valence-corrected chi connectivity index (χ3v) is 3.59. The molecule has 4 nitrogen and oxygen atoms in total. The van der Waals surface area contributed by atoms with Crippen LogP contribution in [-0.4, -0.2) is 13.1 Å². The molecule has 1 heterocycles. The highest BCUT2D eigenvalue weighted by Gasteiger charge is 2.17. The van der Waals surface area contributed by atoms with Gasteiger partial charge in [-0.15, -0.1) is 0 Å². The van der Waals surface area contributed by atoms with Gasteiger partial charge in [0.15, 0.2) is 0 Å². The molecule has 2 aromatic rings. The van der Waals surface area contributed by atoms with Crippen molar-refractivity contribution in [2.24, 2.45) is 0 Å². The van der Waals surface area contributed by atoms with Crippen LogP contribution in [0.15, 0.2) is 41.0 Å². The maximum Gasteiger partial charge on any atom is 0.374 e. The van der Waals surface area contributed by atoms with Crippen LogP contribution < -0.4 is 5.32 Å². The van der Waals surface area contributed by atoms with Gasteiger partial charge in [0, 0.05) is 23.2 Å². The number of hydrogen-bond acceptors (Lipinski definition) is 4. The predicted octanol–water partition coefficient (Wildman–Crippen LogP) is 3.96. The first-order valence-electron chi connectivity index (χ1n) is 6.79. The van der Waals surface area contributed by atoms with Gasteiger partial charge < -0.3 is 14.5 Å². The van der Waals surface area contributed by atoms with E-state index in [2.05, 4.69) is 12.2 Å². The number of methoxy groups -OCH3 is 1. The van der Waals surface area contributed by atoms with Crippen LogP contribution in [0.25, 0.3) is 0 Å². The molecule has 0 aliphatic carbocycles. The number of benzene rings is 1. The Morgan fingerprint density at radius 1 is 1.33 bits per heavy atom. The highest BCUT2D eigenvalue weighted by Crippen LogP contribution is 2.20. The topological polar surface area (TPSA) is 51.5 Å². The van der Waals surface area contributed by atoms with E-state index in [9.17, 15) is 4.79 Å². The summed E-state index contributed by atoms with van der Waals surface area (Å²) in [6, 6.07) is 9.70. The molecule has 1 aromatic heterocycles. The SMILES string of the molecule is CCC(NCc1ccoc1C(=O)OC)c1ccc(Cl)cc1. The van der Waals surface area contributed by atoms with Gasteiger partial charge in [0.05, 0.1) is 13.4 Å². The lowest BCUT2D eigenvalue weighted by atomic mass is 10.0. The molecule has 2 rings (SSSR count). The molecule has 0 aliphatic heterocycles. The molecule has 1 N–H and O–H groups in total. The van der Waals surface area contributed by atoms with Gasteiger partial charge >= 0.3 is 5.97 Å². The van der Waals surface area contributed by atoms with Gasteiger partial charge in [-0.3, -0.25) is 0 Å². The molecule has 1 atom stereocenters. The number of carbonyl (C=O) groups is 1. The Kier molecular flexibility index (Phi) is 5.42. The number of halogens is 1. The fourth-order valence-electron chi connectivity index (χ4n) is 2.17. The van der Waals surface area contributed by atoms with E-state index in [1.165, 1.54) is 13.4 Å². The molecule has 0 spiro atoms. The third-order valence-electron chi connectivity index (χ3n) is 3.34. The van der Waals surface area contributed by atoms with E-state index in [4.69, 9.17) is 20.8 Å². The van der Waals surface area contributed by atoms with E-state index in [1.807, 2.05) is 24.3 Å². The van der Waals surface area contributed by atoms with Crippen LogP contribution in [0.3, 0.4) is 0 Å². The standard InChI is InChI=1S/C16H18ClNO3/c1-3-14(11-4-6-13(17)7-5-11)18-10-12-8-9-21-15(12)16(19)20-2/h4-9,14,18H,3,10H2,1-2H3. The number of carbonyl (C=O) groups excluding carboxylic acids is 1. The quantitative estimate of drug-likeness (QED) is 0.821. The van der Waals surface area contributed by atoms with E-state index in [-0.39, 0.29) is 11.8 Å². The van der Waals surface area contributed by atoms with E-state index in [0.29, 0.717) is 6.54 Å². The number of rotatable bonds is 6. The van der Waals surface area contributed by atoms with E-state index in [0.717, 1.165) is 22.6 Å². The monoisotopic (exact) mass is 307 g/mol. The Morgan fingerprint density at radius 2 is 2.05 bits per heavy atom. The molecule has 0 fully saturated rings. The summed E-state index contributed by atoms with van der Waals surface area (Å²) in [4.78, 5) is 11.6. The Hall–Kier alpha value is -1.78. The maximum absolute atomic E-state index is 11.6. The molecule has 0 saturated carbocycles. The predicted molar refractivity (Wildman–Crippen MR) is 81.4 cm³/mol. The van der Waals surface area contributed by atoms with Crippen LogP contribution in [0.1, 0.15) is 41.1 Å². The Labute approximate surface area is 129 Å². The van der Waals surface area contributed by atoms with Crippen LogP contribution >= 0.6 is 11.6 Å². The summed E-state index contributed by atoms with van der Waals surface area (Å²) in [5.41, 5.74) is 1.94. The lowest BCUT2D eigenvalue weighted by Crippen LogP contribution is -2.21. The van der Waals surface area contributed by atoms with Crippen LogP contribution in [0.5, 0.6) is 0 Å². The second-order valence-corrected chi connectivity index (χ2v) is 5.10. The summed E-state index contributed by atoms with van der Waals surface area (Å²) in [5.74, 6) is -0.215. The zero-order valence-corrected chi connectivity index (χ0v) is 12.8. The molecule has 1 unspecified atom stereocenters. The Balaban J connectivity index is 2.05. The van der Waals surface area contributed by atoms with Gasteiger partial charge in [0.25, 0.3) is 0 Å². The van der Waals surface area contributed by atoms with Crippen molar-refractivity contribution in [2.45, 2.75) is 25.9 Å². The van der Waals surface area contributed by atoms with Crippen molar-refractivity contribution in [1.82, 2.24) is 5.32 Å². The molecule has 0 saturated heterocycles. The first-order valence-corrected chi connectivity index (χ1v) is 7.17. The molecule has 1 aromatic carbocycles. The smallest absolute Gasteiger partial charge is 0.374 e. The Morgan fingerprint density at radius 3 is 2.67 bits per heavy atom. The van der Waals surface area contributed by atoms with Crippen LogP contribution in [0.4, 0.5) is 0 Å². The van der Waals surface area contributed by atoms with Crippen LogP contribution in [-0.2, 0) is 11.3 Å². The minimum atomic E-state index is -0.462. The van der Waals surface area contributed by atoms with Crippen molar-refractivity contribution < 1.29 is 13.9 Å². The largest absolute Gasteiger partial charge is 0.463 e. The number of hydrogen-bond donors (Lipinski definition) is 1. The maximum atomic E-state index is 11.6. The van der Waals surface area contributed by atoms with Crippen molar-refractivity contribution in [1.29, 1.82) is 0 Å². The molecular weight excluding hydrogens is 290 g/mol. The van der Waals surface area contributed by atoms with E-state index < -0.39 is 5.97 Å². The minimum absolute atomic E-state index is 0.183. The first kappa shape index (κ1) is 15.6. The molecule has 5 heteroatoms. The van der Waals surface area contributed by atoms with Gasteiger partial charge in [-0.05, 0) is 30.2 Å². The fraction of sp³-hybridized carbons (Fsp3) is 0.312. The second-order valence-electron chi connectivity index (χ2n) is 4.66. The molecule has 21 heavy (non-hydrogen) atoms. The number of nitrogens with one attached hydrogen (secondary N) is 1. The molecular formula is C16H18ClNO3. The molecule has 0 amide bonds. The zero-order chi connectivity index (χ0) is 15.2. The summed E-state index contributed by atoms with van der Waals surface area (Å²) in [6.07, 6.45) is 2.42.